The molecule has 4 nitrogen and oxygen atoms in total. The second-order valence-electron chi connectivity index (χ2n) is 6.79. The molecule has 1 saturated heterocycles. The Labute approximate surface area is 134 Å². The van der Waals surface area contributed by atoms with Crippen LogP contribution in [-0.2, 0) is 11.3 Å². The van der Waals surface area contributed by atoms with Gasteiger partial charge >= 0.3 is 0 Å². The maximum absolute atomic E-state index is 12.0. The Bertz CT molecular complexity index is 476. The van der Waals surface area contributed by atoms with Crippen molar-refractivity contribution in [2.75, 3.05) is 18.4 Å². The summed E-state index contributed by atoms with van der Waals surface area (Å²) in [5, 5.41) is 2.93. The Morgan fingerprint density at radius 3 is 2.41 bits per heavy atom. The molecule has 2 unspecified atom stereocenters. The first-order valence-corrected chi connectivity index (χ1v) is 8.33. The fourth-order valence-corrected chi connectivity index (χ4v) is 2.67. The van der Waals surface area contributed by atoms with Crippen LogP contribution in [0.15, 0.2) is 24.3 Å². The first-order valence-electron chi connectivity index (χ1n) is 8.33. The minimum Gasteiger partial charge on any atom is -0.327 e. The van der Waals surface area contributed by atoms with Crippen LogP contribution in [0.3, 0.4) is 0 Å². The van der Waals surface area contributed by atoms with E-state index >= 15 is 0 Å². The van der Waals surface area contributed by atoms with Crippen LogP contribution >= 0.6 is 0 Å². The highest BCUT2D eigenvalue weighted by atomic mass is 16.1. The SMILES string of the molecule is CC1CCN(Cc2ccc(NC(=O)C(C)C(C)N)cc2)CC1. The van der Waals surface area contributed by atoms with E-state index in [0.29, 0.717) is 0 Å². The first-order chi connectivity index (χ1) is 10.5. The van der Waals surface area contributed by atoms with E-state index in [1.165, 1.54) is 31.5 Å². The van der Waals surface area contributed by atoms with E-state index in [9.17, 15) is 4.79 Å². The highest BCUT2D eigenvalue weighted by molar-refractivity contribution is 5.92. The van der Waals surface area contributed by atoms with Gasteiger partial charge in [-0.3, -0.25) is 9.69 Å². The Morgan fingerprint density at radius 2 is 1.86 bits per heavy atom. The third-order valence-electron chi connectivity index (χ3n) is 4.71. The summed E-state index contributed by atoms with van der Waals surface area (Å²) in [5.41, 5.74) is 7.90. The molecule has 1 aliphatic heterocycles. The molecule has 122 valence electrons. The molecule has 2 rings (SSSR count). The van der Waals surface area contributed by atoms with Crippen molar-refractivity contribution < 1.29 is 4.79 Å². The third-order valence-corrected chi connectivity index (χ3v) is 4.71. The molecule has 2 atom stereocenters. The number of benzene rings is 1. The monoisotopic (exact) mass is 303 g/mol. The van der Waals surface area contributed by atoms with Gasteiger partial charge in [0.1, 0.15) is 0 Å². The molecule has 1 aliphatic rings. The molecular formula is C18H29N3O. The van der Waals surface area contributed by atoms with E-state index in [2.05, 4.69) is 29.3 Å². The molecular weight excluding hydrogens is 274 g/mol. The lowest BCUT2D eigenvalue weighted by Crippen LogP contribution is -2.34. The predicted molar refractivity (Wildman–Crippen MR) is 91.6 cm³/mol. The molecule has 0 aliphatic carbocycles. The largest absolute Gasteiger partial charge is 0.327 e. The van der Waals surface area contributed by atoms with Gasteiger partial charge in [-0.05, 0) is 56.5 Å². The lowest BCUT2D eigenvalue weighted by molar-refractivity contribution is -0.119. The van der Waals surface area contributed by atoms with Gasteiger partial charge in [0.2, 0.25) is 5.91 Å². The van der Waals surface area contributed by atoms with Crippen molar-refractivity contribution >= 4 is 11.6 Å². The predicted octanol–water partition coefficient (Wildman–Crippen LogP) is 2.84. The number of hydrogen-bond acceptors (Lipinski definition) is 3. The molecule has 0 saturated carbocycles. The number of hydrogen-bond donors (Lipinski definition) is 2. The van der Waals surface area contributed by atoms with Gasteiger partial charge in [0, 0.05) is 18.3 Å². The molecule has 0 radical (unpaired) electrons. The van der Waals surface area contributed by atoms with Crippen molar-refractivity contribution in [1.82, 2.24) is 4.90 Å². The summed E-state index contributed by atoms with van der Waals surface area (Å²) in [6.45, 7) is 9.41. The van der Waals surface area contributed by atoms with Crippen molar-refractivity contribution in [1.29, 1.82) is 0 Å². The number of likely N-dealkylation sites (tertiary alicyclic amines) is 1. The van der Waals surface area contributed by atoms with Gasteiger partial charge in [-0.25, -0.2) is 0 Å². The van der Waals surface area contributed by atoms with Crippen LogP contribution in [0.4, 0.5) is 5.69 Å². The van der Waals surface area contributed by atoms with Gasteiger partial charge in [0.05, 0.1) is 5.92 Å². The van der Waals surface area contributed by atoms with E-state index < -0.39 is 0 Å². The molecule has 1 fully saturated rings. The van der Waals surface area contributed by atoms with Crippen molar-refractivity contribution in [3.63, 3.8) is 0 Å². The standard InChI is InChI=1S/C18H29N3O/c1-13-8-10-21(11-9-13)12-16-4-6-17(7-5-16)20-18(22)14(2)15(3)19/h4-7,13-15H,8-12,19H2,1-3H3,(H,20,22). The van der Waals surface area contributed by atoms with E-state index in [1.807, 2.05) is 26.0 Å². The second-order valence-corrected chi connectivity index (χ2v) is 6.79. The van der Waals surface area contributed by atoms with E-state index in [-0.39, 0.29) is 17.9 Å². The normalized spacial score (nSPS) is 19.6. The number of amides is 1. The molecule has 0 spiro atoms. The van der Waals surface area contributed by atoms with Gasteiger partial charge in [0.15, 0.2) is 0 Å². The quantitative estimate of drug-likeness (QED) is 0.879. The average molecular weight is 303 g/mol. The fourth-order valence-electron chi connectivity index (χ4n) is 2.67. The van der Waals surface area contributed by atoms with Crippen molar-refractivity contribution in [3.05, 3.63) is 29.8 Å². The van der Waals surface area contributed by atoms with E-state index in [1.54, 1.807) is 0 Å². The molecule has 0 aromatic heterocycles. The number of anilines is 1. The zero-order chi connectivity index (χ0) is 16.1. The van der Waals surface area contributed by atoms with Gasteiger partial charge in [0.25, 0.3) is 0 Å². The molecule has 1 heterocycles. The number of carbonyl (C=O) groups excluding carboxylic acids is 1. The third kappa shape index (κ3) is 4.82. The summed E-state index contributed by atoms with van der Waals surface area (Å²) in [5.74, 6) is 0.656. The zero-order valence-electron chi connectivity index (χ0n) is 14.0. The lowest BCUT2D eigenvalue weighted by atomic mass is 9.99. The Morgan fingerprint density at radius 1 is 1.27 bits per heavy atom. The summed E-state index contributed by atoms with van der Waals surface area (Å²) in [6, 6.07) is 8.02. The second kappa shape index (κ2) is 7.75. The van der Waals surface area contributed by atoms with Gasteiger partial charge in [-0.1, -0.05) is 26.0 Å². The van der Waals surface area contributed by atoms with Crippen LogP contribution in [-0.4, -0.2) is 29.9 Å². The topological polar surface area (TPSA) is 58.4 Å². The number of rotatable bonds is 5. The molecule has 0 bridgehead atoms. The van der Waals surface area contributed by atoms with E-state index in [0.717, 1.165) is 18.2 Å². The average Bonchev–Trinajstić information content (AvgIpc) is 2.50. The number of piperidine rings is 1. The molecule has 1 aromatic rings. The van der Waals surface area contributed by atoms with Crippen LogP contribution in [0.25, 0.3) is 0 Å². The number of nitrogens with two attached hydrogens (primary N) is 1. The molecule has 22 heavy (non-hydrogen) atoms. The highest BCUT2D eigenvalue weighted by Crippen LogP contribution is 2.19. The van der Waals surface area contributed by atoms with E-state index in [4.69, 9.17) is 5.73 Å². The van der Waals surface area contributed by atoms with Crippen molar-refractivity contribution in [2.24, 2.45) is 17.6 Å². The summed E-state index contributed by atoms with van der Waals surface area (Å²) < 4.78 is 0. The smallest absolute Gasteiger partial charge is 0.228 e. The van der Waals surface area contributed by atoms with Crippen molar-refractivity contribution in [3.8, 4) is 0 Å². The van der Waals surface area contributed by atoms with Crippen LogP contribution in [0.5, 0.6) is 0 Å². The number of nitrogens with one attached hydrogen (secondary N) is 1. The summed E-state index contributed by atoms with van der Waals surface area (Å²) in [7, 11) is 0. The minimum atomic E-state index is -0.185. The van der Waals surface area contributed by atoms with Crippen LogP contribution < -0.4 is 11.1 Å². The van der Waals surface area contributed by atoms with Crippen LogP contribution in [0.2, 0.25) is 0 Å². The maximum Gasteiger partial charge on any atom is 0.228 e. The van der Waals surface area contributed by atoms with Gasteiger partial charge < -0.3 is 11.1 Å². The van der Waals surface area contributed by atoms with Crippen molar-refractivity contribution in [2.45, 2.75) is 46.2 Å². The Hall–Kier alpha value is -1.39. The summed E-state index contributed by atoms with van der Waals surface area (Å²) >= 11 is 0. The Balaban J connectivity index is 1.86. The fraction of sp³-hybridized carbons (Fsp3) is 0.611. The van der Waals surface area contributed by atoms with Crippen LogP contribution in [0, 0.1) is 11.8 Å². The maximum atomic E-state index is 12.0. The molecule has 3 N–H and O–H groups in total. The molecule has 4 heteroatoms. The first kappa shape index (κ1) is 17.0. The summed E-state index contributed by atoms with van der Waals surface area (Å²) in [4.78, 5) is 14.5. The molecule has 1 amide bonds. The van der Waals surface area contributed by atoms with Gasteiger partial charge in [-0.2, -0.15) is 0 Å². The number of nitrogens with zero attached hydrogens (tertiary/aromatic N) is 1. The van der Waals surface area contributed by atoms with Crippen LogP contribution in [0.1, 0.15) is 39.2 Å². The molecule has 1 aromatic carbocycles. The number of carbonyl (C=O) groups is 1. The lowest BCUT2D eigenvalue weighted by Gasteiger charge is -2.30. The highest BCUT2D eigenvalue weighted by Gasteiger charge is 2.17. The minimum absolute atomic E-state index is 0.0206. The Kier molecular flexibility index (Phi) is 5.98. The van der Waals surface area contributed by atoms with Gasteiger partial charge in [-0.15, -0.1) is 0 Å². The summed E-state index contributed by atoms with van der Waals surface area (Å²) in [6.07, 6.45) is 2.59. The zero-order valence-corrected chi connectivity index (χ0v) is 14.0.